The molecule has 1 heterocycles. The van der Waals surface area contributed by atoms with E-state index in [0.717, 1.165) is 24.2 Å². The molecule has 15 heavy (non-hydrogen) atoms. The smallest absolute Gasteiger partial charge is 0.134 e. The molecule has 0 aliphatic rings. The van der Waals surface area contributed by atoms with Gasteiger partial charge in [-0.15, -0.1) is 0 Å². The molecule has 0 fully saturated rings. The van der Waals surface area contributed by atoms with Crippen molar-refractivity contribution in [1.29, 1.82) is 0 Å². The summed E-state index contributed by atoms with van der Waals surface area (Å²) >= 11 is 0. The fraction of sp³-hybridized carbons (Fsp3) is 0.429. The van der Waals surface area contributed by atoms with Crippen LogP contribution >= 0.6 is 0 Å². The average Bonchev–Trinajstić information content (AvgIpc) is 2.72. The van der Waals surface area contributed by atoms with Gasteiger partial charge in [0.05, 0.1) is 0 Å². The molecule has 1 aromatic heterocycles. The molecule has 0 atom stereocenters. The molecular formula is C14H18O. The minimum Gasteiger partial charge on any atom is -0.461 e. The molecule has 2 aromatic rings. The molecule has 0 saturated carbocycles. The third-order valence-electron chi connectivity index (χ3n) is 3.58. The van der Waals surface area contributed by atoms with Gasteiger partial charge in [-0.25, -0.2) is 0 Å². The van der Waals surface area contributed by atoms with Crippen molar-refractivity contribution in [3.63, 3.8) is 0 Å². The SMILES string of the molecule is CCC(C)(CC)c1cc2ccccc2o1. The summed E-state index contributed by atoms with van der Waals surface area (Å²) in [5, 5.41) is 1.21. The highest BCUT2D eigenvalue weighted by Crippen LogP contribution is 2.34. The van der Waals surface area contributed by atoms with Crippen molar-refractivity contribution in [2.75, 3.05) is 0 Å². The molecular weight excluding hydrogens is 184 g/mol. The Morgan fingerprint density at radius 1 is 1.13 bits per heavy atom. The van der Waals surface area contributed by atoms with Gasteiger partial charge in [-0.1, -0.05) is 39.0 Å². The molecule has 0 saturated heterocycles. The third kappa shape index (κ3) is 1.67. The van der Waals surface area contributed by atoms with Gasteiger partial charge in [0.1, 0.15) is 11.3 Å². The van der Waals surface area contributed by atoms with E-state index in [0.29, 0.717) is 0 Å². The quantitative estimate of drug-likeness (QED) is 0.713. The summed E-state index contributed by atoms with van der Waals surface area (Å²) in [5.74, 6) is 1.12. The van der Waals surface area contributed by atoms with Crippen LogP contribution in [0.3, 0.4) is 0 Å². The van der Waals surface area contributed by atoms with Crippen molar-refractivity contribution in [3.05, 3.63) is 36.1 Å². The van der Waals surface area contributed by atoms with Crippen molar-refractivity contribution in [2.45, 2.75) is 39.0 Å². The molecule has 0 N–H and O–H groups in total. The van der Waals surface area contributed by atoms with Crippen LogP contribution in [0.5, 0.6) is 0 Å². The lowest BCUT2D eigenvalue weighted by molar-refractivity contribution is 0.351. The van der Waals surface area contributed by atoms with Crippen molar-refractivity contribution in [2.24, 2.45) is 0 Å². The second kappa shape index (κ2) is 3.73. The molecule has 0 bridgehead atoms. The van der Waals surface area contributed by atoms with E-state index < -0.39 is 0 Å². The van der Waals surface area contributed by atoms with Crippen LogP contribution in [-0.2, 0) is 5.41 Å². The number of benzene rings is 1. The van der Waals surface area contributed by atoms with Crippen LogP contribution in [0.25, 0.3) is 11.0 Å². The highest BCUT2D eigenvalue weighted by Gasteiger charge is 2.26. The summed E-state index contributed by atoms with van der Waals surface area (Å²) in [6.07, 6.45) is 2.23. The maximum absolute atomic E-state index is 5.91. The van der Waals surface area contributed by atoms with E-state index in [1.54, 1.807) is 0 Å². The Bertz CT molecular complexity index is 416. The molecule has 0 aliphatic carbocycles. The number of rotatable bonds is 3. The Morgan fingerprint density at radius 2 is 1.80 bits per heavy atom. The minimum atomic E-state index is 0.180. The standard InChI is InChI=1S/C14H18O/c1-4-14(3,5-2)13-10-11-8-6-7-9-12(11)15-13/h6-10H,4-5H2,1-3H3. The largest absolute Gasteiger partial charge is 0.461 e. The summed E-state index contributed by atoms with van der Waals surface area (Å²) < 4.78 is 5.91. The molecule has 1 heteroatoms. The van der Waals surface area contributed by atoms with Gasteiger partial charge in [0.15, 0.2) is 0 Å². The zero-order valence-electron chi connectivity index (χ0n) is 9.71. The monoisotopic (exact) mass is 202 g/mol. The van der Waals surface area contributed by atoms with E-state index in [2.05, 4.69) is 39.0 Å². The number of para-hydroxylation sites is 1. The molecule has 0 spiro atoms. The fourth-order valence-corrected chi connectivity index (χ4v) is 1.88. The second-order valence-electron chi connectivity index (χ2n) is 4.42. The van der Waals surface area contributed by atoms with Gasteiger partial charge in [0, 0.05) is 10.8 Å². The van der Waals surface area contributed by atoms with Crippen LogP contribution in [0.1, 0.15) is 39.4 Å². The predicted octanol–water partition coefficient (Wildman–Crippen LogP) is 4.51. The topological polar surface area (TPSA) is 13.1 Å². The summed E-state index contributed by atoms with van der Waals surface area (Å²) in [6.45, 7) is 6.71. The van der Waals surface area contributed by atoms with Crippen LogP contribution in [0.2, 0.25) is 0 Å². The Labute approximate surface area is 91.1 Å². The van der Waals surface area contributed by atoms with E-state index in [1.807, 2.05) is 12.1 Å². The van der Waals surface area contributed by atoms with Gasteiger partial charge in [-0.3, -0.25) is 0 Å². The Balaban J connectivity index is 2.52. The van der Waals surface area contributed by atoms with Crippen LogP contribution in [0, 0.1) is 0 Å². The van der Waals surface area contributed by atoms with E-state index in [-0.39, 0.29) is 5.41 Å². The van der Waals surface area contributed by atoms with Crippen LogP contribution in [0.15, 0.2) is 34.7 Å². The molecule has 1 aromatic carbocycles. The fourth-order valence-electron chi connectivity index (χ4n) is 1.88. The summed E-state index contributed by atoms with van der Waals surface area (Å²) in [6, 6.07) is 10.4. The van der Waals surface area contributed by atoms with E-state index in [9.17, 15) is 0 Å². The second-order valence-corrected chi connectivity index (χ2v) is 4.42. The van der Waals surface area contributed by atoms with E-state index in [4.69, 9.17) is 4.42 Å². The Kier molecular flexibility index (Phi) is 2.56. The van der Waals surface area contributed by atoms with Crippen molar-refractivity contribution < 1.29 is 4.42 Å². The van der Waals surface area contributed by atoms with Crippen molar-refractivity contribution >= 4 is 11.0 Å². The van der Waals surface area contributed by atoms with Gasteiger partial charge < -0.3 is 4.42 Å². The molecule has 2 rings (SSSR count). The first-order chi connectivity index (χ1) is 7.19. The maximum atomic E-state index is 5.91. The van der Waals surface area contributed by atoms with E-state index >= 15 is 0 Å². The van der Waals surface area contributed by atoms with Crippen molar-refractivity contribution in [1.82, 2.24) is 0 Å². The Hall–Kier alpha value is -1.24. The number of furan rings is 1. The molecule has 0 amide bonds. The maximum Gasteiger partial charge on any atom is 0.134 e. The van der Waals surface area contributed by atoms with Gasteiger partial charge in [-0.05, 0) is 25.0 Å². The highest BCUT2D eigenvalue weighted by atomic mass is 16.3. The number of hydrogen-bond acceptors (Lipinski definition) is 1. The molecule has 0 aliphatic heterocycles. The van der Waals surface area contributed by atoms with Gasteiger partial charge in [0.25, 0.3) is 0 Å². The summed E-state index contributed by atoms with van der Waals surface area (Å²) in [4.78, 5) is 0. The Morgan fingerprint density at radius 3 is 2.40 bits per heavy atom. The van der Waals surface area contributed by atoms with Gasteiger partial charge in [-0.2, -0.15) is 0 Å². The van der Waals surface area contributed by atoms with E-state index in [1.165, 1.54) is 5.39 Å². The lowest BCUT2D eigenvalue weighted by Crippen LogP contribution is -2.18. The molecule has 0 unspecified atom stereocenters. The zero-order chi connectivity index (χ0) is 10.9. The van der Waals surface area contributed by atoms with Crippen LogP contribution in [0.4, 0.5) is 0 Å². The average molecular weight is 202 g/mol. The summed E-state index contributed by atoms with van der Waals surface area (Å²) in [7, 11) is 0. The predicted molar refractivity (Wildman–Crippen MR) is 64.1 cm³/mol. The lowest BCUT2D eigenvalue weighted by atomic mass is 9.82. The van der Waals surface area contributed by atoms with Crippen LogP contribution < -0.4 is 0 Å². The first kappa shape index (κ1) is 10.3. The molecule has 1 nitrogen and oxygen atoms in total. The molecule has 80 valence electrons. The third-order valence-corrected chi connectivity index (χ3v) is 3.58. The first-order valence-electron chi connectivity index (χ1n) is 5.68. The minimum absolute atomic E-state index is 0.180. The molecule has 0 radical (unpaired) electrons. The van der Waals surface area contributed by atoms with Crippen molar-refractivity contribution in [3.8, 4) is 0 Å². The normalized spacial score (nSPS) is 12.2. The summed E-state index contributed by atoms with van der Waals surface area (Å²) in [5.41, 5.74) is 1.18. The number of hydrogen-bond donors (Lipinski definition) is 0. The highest BCUT2D eigenvalue weighted by molar-refractivity contribution is 5.77. The lowest BCUT2D eigenvalue weighted by Gasteiger charge is -2.23. The first-order valence-corrected chi connectivity index (χ1v) is 5.68. The van der Waals surface area contributed by atoms with Gasteiger partial charge >= 0.3 is 0 Å². The van der Waals surface area contributed by atoms with Crippen LogP contribution in [-0.4, -0.2) is 0 Å². The number of fused-ring (bicyclic) bond motifs is 1. The van der Waals surface area contributed by atoms with Gasteiger partial charge in [0.2, 0.25) is 0 Å². The zero-order valence-corrected chi connectivity index (χ0v) is 9.71.